The lowest BCUT2D eigenvalue weighted by Crippen LogP contribution is -2.35. The van der Waals surface area contributed by atoms with Crippen LogP contribution in [0.2, 0.25) is 0 Å². The SMILES string of the molecule is CCC(C(=O)COCC(F)(F)C(F)F)C(=O)OC. The van der Waals surface area contributed by atoms with E-state index in [9.17, 15) is 27.2 Å². The first-order valence-electron chi connectivity index (χ1n) is 5.10. The average Bonchev–Trinajstić information content (AvgIpc) is 2.29. The minimum absolute atomic E-state index is 0.111. The van der Waals surface area contributed by atoms with E-state index in [-0.39, 0.29) is 6.42 Å². The molecule has 0 heterocycles. The fourth-order valence-electron chi connectivity index (χ4n) is 1.12. The molecule has 0 saturated carbocycles. The van der Waals surface area contributed by atoms with E-state index in [2.05, 4.69) is 9.47 Å². The third kappa shape index (κ3) is 4.99. The topological polar surface area (TPSA) is 52.6 Å². The van der Waals surface area contributed by atoms with E-state index < -0.39 is 43.2 Å². The van der Waals surface area contributed by atoms with E-state index in [1.165, 1.54) is 6.92 Å². The summed E-state index contributed by atoms with van der Waals surface area (Å²) in [6.45, 7) is -0.892. The third-order valence-electron chi connectivity index (χ3n) is 2.14. The normalized spacial score (nSPS) is 13.5. The zero-order chi connectivity index (χ0) is 14.3. The van der Waals surface area contributed by atoms with E-state index in [0.717, 1.165) is 7.11 Å². The van der Waals surface area contributed by atoms with Gasteiger partial charge in [-0.2, -0.15) is 8.78 Å². The van der Waals surface area contributed by atoms with Crippen LogP contribution in [-0.4, -0.2) is 44.4 Å². The predicted molar refractivity (Wildman–Crippen MR) is 52.6 cm³/mol. The van der Waals surface area contributed by atoms with Gasteiger partial charge in [0.1, 0.15) is 19.1 Å². The zero-order valence-corrected chi connectivity index (χ0v) is 9.92. The molecule has 0 radical (unpaired) electrons. The molecule has 0 saturated heterocycles. The van der Waals surface area contributed by atoms with Crippen molar-refractivity contribution in [3.8, 4) is 0 Å². The van der Waals surface area contributed by atoms with Crippen molar-refractivity contribution in [1.29, 1.82) is 0 Å². The van der Waals surface area contributed by atoms with E-state index in [1.807, 2.05) is 0 Å². The summed E-state index contributed by atoms with van der Waals surface area (Å²) in [5.41, 5.74) is 0. The number of carbonyl (C=O) groups excluding carboxylic acids is 2. The number of ether oxygens (including phenoxy) is 2. The Hall–Kier alpha value is -1.18. The standard InChI is InChI=1S/C10H14F4O4/c1-3-6(8(16)17-2)7(15)4-18-5-10(13,14)9(11)12/h6,9H,3-5H2,1-2H3. The Kier molecular flexibility index (Phi) is 6.82. The van der Waals surface area contributed by atoms with Crippen LogP contribution in [0.4, 0.5) is 17.6 Å². The number of Topliss-reactive ketones (excluding diaryl/α,β-unsaturated/α-hetero) is 1. The molecule has 0 aromatic carbocycles. The van der Waals surface area contributed by atoms with Gasteiger partial charge in [0.15, 0.2) is 5.78 Å². The zero-order valence-electron chi connectivity index (χ0n) is 9.92. The molecule has 0 rings (SSSR count). The molecule has 18 heavy (non-hydrogen) atoms. The highest BCUT2D eigenvalue weighted by Crippen LogP contribution is 2.22. The van der Waals surface area contributed by atoms with Gasteiger partial charge in [0.2, 0.25) is 0 Å². The molecule has 1 unspecified atom stereocenters. The number of methoxy groups -OCH3 is 1. The Balaban J connectivity index is 4.22. The number of hydrogen-bond donors (Lipinski definition) is 0. The van der Waals surface area contributed by atoms with Crippen molar-refractivity contribution >= 4 is 11.8 Å². The van der Waals surface area contributed by atoms with E-state index >= 15 is 0 Å². The second-order valence-electron chi connectivity index (χ2n) is 3.50. The van der Waals surface area contributed by atoms with Crippen LogP contribution in [0, 0.1) is 5.92 Å². The molecule has 0 aliphatic heterocycles. The number of esters is 1. The maximum atomic E-state index is 12.4. The van der Waals surface area contributed by atoms with Crippen molar-refractivity contribution in [2.45, 2.75) is 25.7 Å². The first-order chi connectivity index (χ1) is 8.26. The van der Waals surface area contributed by atoms with Gasteiger partial charge in [-0.25, -0.2) is 8.78 Å². The van der Waals surface area contributed by atoms with Gasteiger partial charge in [-0.05, 0) is 6.42 Å². The van der Waals surface area contributed by atoms with Gasteiger partial charge in [-0.15, -0.1) is 0 Å². The van der Waals surface area contributed by atoms with Crippen LogP contribution >= 0.6 is 0 Å². The summed E-state index contributed by atoms with van der Waals surface area (Å²) in [7, 11) is 1.07. The first kappa shape index (κ1) is 16.8. The second kappa shape index (κ2) is 7.30. The van der Waals surface area contributed by atoms with Crippen molar-refractivity contribution in [2.75, 3.05) is 20.3 Å². The van der Waals surface area contributed by atoms with Crippen LogP contribution in [0.3, 0.4) is 0 Å². The second-order valence-corrected chi connectivity index (χ2v) is 3.50. The average molecular weight is 274 g/mol. The highest BCUT2D eigenvalue weighted by molar-refractivity contribution is 5.99. The molecule has 0 fully saturated rings. The molecular formula is C10H14F4O4. The van der Waals surface area contributed by atoms with Crippen molar-refractivity contribution in [3.63, 3.8) is 0 Å². The summed E-state index contributed by atoms with van der Waals surface area (Å²) in [6.07, 6.45) is -3.75. The summed E-state index contributed by atoms with van der Waals surface area (Å²) in [4.78, 5) is 22.5. The molecule has 0 aromatic heterocycles. The summed E-state index contributed by atoms with van der Waals surface area (Å²) in [6, 6.07) is 0. The van der Waals surface area contributed by atoms with Gasteiger partial charge >= 0.3 is 18.3 Å². The van der Waals surface area contributed by atoms with Gasteiger partial charge in [0.25, 0.3) is 0 Å². The molecule has 0 aliphatic rings. The molecule has 1 atom stereocenters. The van der Waals surface area contributed by atoms with E-state index in [4.69, 9.17) is 0 Å². The van der Waals surface area contributed by atoms with Gasteiger partial charge in [0.05, 0.1) is 7.11 Å². The fraction of sp³-hybridized carbons (Fsp3) is 0.800. The van der Waals surface area contributed by atoms with Crippen LogP contribution in [0.15, 0.2) is 0 Å². The fourth-order valence-corrected chi connectivity index (χ4v) is 1.12. The smallest absolute Gasteiger partial charge is 0.330 e. The molecule has 0 bridgehead atoms. The molecule has 0 amide bonds. The summed E-state index contributed by atoms with van der Waals surface area (Å²) < 4.78 is 56.9. The van der Waals surface area contributed by atoms with Gasteiger partial charge in [-0.3, -0.25) is 9.59 Å². The van der Waals surface area contributed by atoms with Crippen molar-refractivity contribution in [2.24, 2.45) is 5.92 Å². The maximum Gasteiger partial charge on any atom is 0.330 e. The molecule has 4 nitrogen and oxygen atoms in total. The molecule has 0 spiro atoms. The van der Waals surface area contributed by atoms with E-state index in [0.29, 0.717) is 0 Å². The predicted octanol–water partition coefficient (Wildman–Crippen LogP) is 1.67. The van der Waals surface area contributed by atoms with Gasteiger partial charge < -0.3 is 9.47 Å². The molecule has 8 heteroatoms. The number of ketones is 1. The van der Waals surface area contributed by atoms with Crippen molar-refractivity contribution in [3.05, 3.63) is 0 Å². The lowest BCUT2D eigenvalue weighted by molar-refractivity contribution is -0.170. The minimum atomic E-state index is -4.31. The number of hydrogen-bond acceptors (Lipinski definition) is 4. The Morgan fingerprint density at radius 3 is 2.22 bits per heavy atom. The molecule has 106 valence electrons. The lowest BCUT2D eigenvalue weighted by Gasteiger charge is -2.16. The molecule has 0 aromatic rings. The van der Waals surface area contributed by atoms with E-state index in [1.54, 1.807) is 0 Å². The Labute approximate surface area is 101 Å². The van der Waals surface area contributed by atoms with Crippen LogP contribution in [0.25, 0.3) is 0 Å². The first-order valence-corrected chi connectivity index (χ1v) is 5.10. The molecule has 0 N–H and O–H groups in total. The Morgan fingerprint density at radius 2 is 1.83 bits per heavy atom. The quantitative estimate of drug-likeness (QED) is 0.384. The van der Waals surface area contributed by atoms with Crippen LogP contribution < -0.4 is 0 Å². The largest absolute Gasteiger partial charge is 0.468 e. The number of rotatable bonds is 8. The third-order valence-corrected chi connectivity index (χ3v) is 2.14. The minimum Gasteiger partial charge on any atom is -0.468 e. The molecule has 0 aliphatic carbocycles. The van der Waals surface area contributed by atoms with Crippen LogP contribution in [0.5, 0.6) is 0 Å². The van der Waals surface area contributed by atoms with Crippen molar-refractivity contribution in [1.82, 2.24) is 0 Å². The summed E-state index contributed by atoms with van der Waals surface area (Å²) >= 11 is 0. The Morgan fingerprint density at radius 1 is 1.28 bits per heavy atom. The number of alkyl halides is 4. The highest BCUT2D eigenvalue weighted by Gasteiger charge is 2.41. The van der Waals surface area contributed by atoms with Gasteiger partial charge in [-0.1, -0.05) is 6.92 Å². The van der Waals surface area contributed by atoms with Crippen LogP contribution in [-0.2, 0) is 19.1 Å². The van der Waals surface area contributed by atoms with Crippen LogP contribution in [0.1, 0.15) is 13.3 Å². The van der Waals surface area contributed by atoms with Gasteiger partial charge in [0, 0.05) is 0 Å². The number of halogens is 4. The summed E-state index contributed by atoms with van der Waals surface area (Å²) in [5, 5.41) is 0. The number of carbonyl (C=O) groups is 2. The lowest BCUT2D eigenvalue weighted by atomic mass is 10.0. The molecular weight excluding hydrogens is 260 g/mol. The summed E-state index contributed by atoms with van der Waals surface area (Å²) in [5.74, 6) is -7.04. The Bertz CT molecular complexity index is 294. The monoisotopic (exact) mass is 274 g/mol. The van der Waals surface area contributed by atoms with Crippen molar-refractivity contribution < 1.29 is 36.6 Å². The maximum absolute atomic E-state index is 12.4. The highest BCUT2D eigenvalue weighted by atomic mass is 19.3.